The maximum Gasteiger partial charge on any atom is -0.0155 e. The minimum absolute atomic E-state index is 1.18. The van der Waals surface area contributed by atoms with Gasteiger partial charge in [-0.25, -0.2) is 0 Å². The van der Waals surface area contributed by atoms with Crippen molar-refractivity contribution in [3.8, 4) is 0 Å². The smallest absolute Gasteiger partial charge is 0.0155 e. The lowest BCUT2D eigenvalue weighted by Crippen LogP contribution is -2.28. The summed E-state index contributed by atoms with van der Waals surface area (Å²) in [5.41, 5.74) is 1.47. The predicted octanol–water partition coefficient (Wildman–Crippen LogP) is 1.99. The quantitative estimate of drug-likeness (QED) is 0.604. The van der Waals surface area contributed by atoms with E-state index in [0.717, 1.165) is 0 Å². The average molecular weight is 170 g/mol. The summed E-state index contributed by atoms with van der Waals surface area (Å²) in [6.45, 7) is 2.08. The summed E-state index contributed by atoms with van der Waals surface area (Å²) in [6.07, 6.45) is 9.03. The minimum atomic E-state index is 1.18. The maximum absolute atomic E-state index is 2.32. The number of benzene rings is 1. The van der Waals surface area contributed by atoms with E-state index in [1.807, 2.05) is 0 Å². The van der Waals surface area contributed by atoms with E-state index < -0.39 is 0 Å². The molecule has 0 heterocycles. The molecule has 0 saturated heterocycles. The van der Waals surface area contributed by atoms with Gasteiger partial charge in [-0.15, -0.1) is 0 Å². The Morgan fingerprint density at radius 1 is 1.23 bits per heavy atom. The molecule has 0 amide bonds. The SMILES string of the molecule is CC=CC1=c2ccccc2=CCC1. The van der Waals surface area contributed by atoms with Crippen LogP contribution in [0.4, 0.5) is 0 Å². The molecule has 2 rings (SSSR count). The molecule has 0 radical (unpaired) electrons. The third kappa shape index (κ3) is 1.57. The maximum atomic E-state index is 2.32. The van der Waals surface area contributed by atoms with Crippen LogP contribution in [0.1, 0.15) is 19.8 Å². The molecule has 0 aromatic heterocycles. The molecular formula is C13H14. The Morgan fingerprint density at radius 2 is 2.08 bits per heavy atom. The van der Waals surface area contributed by atoms with Crippen molar-refractivity contribution in [1.82, 2.24) is 0 Å². The van der Waals surface area contributed by atoms with Crippen molar-refractivity contribution in [2.45, 2.75) is 19.8 Å². The zero-order chi connectivity index (χ0) is 9.10. The second-order valence-electron chi connectivity index (χ2n) is 3.36. The van der Waals surface area contributed by atoms with Crippen LogP contribution >= 0.6 is 0 Å². The minimum Gasteiger partial charge on any atom is -0.0874 e. The van der Waals surface area contributed by atoms with Crippen LogP contribution in [0.3, 0.4) is 0 Å². The van der Waals surface area contributed by atoms with Gasteiger partial charge >= 0.3 is 0 Å². The molecule has 1 aliphatic rings. The summed E-state index contributed by atoms with van der Waals surface area (Å²) >= 11 is 0. The number of fused-ring (bicyclic) bond motifs is 1. The van der Waals surface area contributed by atoms with Gasteiger partial charge in [0.2, 0.25) is 0 Å². The molecule has 0 unspecified atom stereocenters. The second kappa shape index (κ2) is 3.61. The molecule has 1 aliphatic carbocycles. The van der Waals surface area contributed by atoms with Crippen LogP contribution in [0, 0.1) is 0 Å². The number of hydrogen-bond acceptors (Lipinski definition) is 0. The van der Waals surface area contributed by atoms with Gasteiger partial charge in [0.05, 0.1) is 0 Å². The second-order valence-corrected chi connectivity index (χ2v) is 3.36. The average Bonchev–Trinajstić information content (AvgIpc) is 2.19. The van der Waals surface area contributed by atoms with Crippen LogP contribution in [0.15, 0.2) is 36.4 Å². The van der Waals surface area contributed by atoms with E-state index >= 15 is 0 Å². The monoisotopic (exact) mass is 170 g/mol. The van der Waals surface area contributed by atoms with Gasteiger partial charge in [0.15, 0.2) is 0 Å². The molecule has 0 bridgehead atoms. The van der Waals surface area contributed by atoms with Gasteiger partial charge in [-0.3, -0.25) is 0 Å². The first-order valence-electron chi connectivity index (χ1n) is 4.83. The van der Waals surface area contributed by atoms with E-state index in [1.165, 1.54) is 28.9 Å². The zero-order valence-corrected chi connectivity index (χ0v) is 7.96. The first kappa shape index (κ1) is 8.31. The number of hydrogen-bond donors (Lipinski definition) is 0. The summed E-state index contributed by atoms with van der Waals surface area (Å²) in [5, 5.41) is 2.80. The third-order valence-corrected chi connectivity index (χ3v) is 2.45. The fraction of sp³-hybridized carbons (Fsp3) is 0.231. The van der Waals surface area contributed by atoms with Crippen molar-refractivity contribution in [2.75, 3.05) is 0 Å². The summed E-state index contributed by atoms with van der Waals surface area (Å²) in [6, 6.07) is 8.62. The highest BCUT2D eigenvalue weighted by molar-refractivity contribution is 5.60. The highest BCUT2D eigenvalue weighted by Gasteiger charge is 1.99. The lowest BCUT2D eigenvalue weighted by molar-refractivity contribution is 1.08. The van der Waals surface area contributed by atoms with Gasteiger partial charge in [-0.05, 0) is 35.8 Å². The van der Waals surface area contributed by atoms with Crippen LogP contribution in [0.25, 0.3) is 11.6 Å². The van der Waals surface area contributed by atoms with Gasteiger partial charge < -0.3 is 0 Å². The largest absolute Gasteiger partial charge is 0.0874 e. The molecule has 13 heavy (non-hydrogen) atoms. The summed E-state index contributed by atoms with van der Waals surface area (Å²) in [4.78, 5) is 0. The van der Waals surface area contributed by atoms with Crippen molar-refractivity contribution in [2.24, 2.45) is 0 Å². The molecule has 0 spiro atoms. The van der Waals surface area contributed by atoms with Gasteiger partial charge in [-0.2, -0.15) is 0 Å². The molecule has 0 saturated carbocycles. The van der Waals surface area contributed by atoms with Crippen LogP contribution in [-0.4, -0.2) is 0 Å². The van der Waals surface area contributed by atoms with E-state index in [1.54, 1.807) is 0 Å². The lowest BCUT2D eigenvalue weighted by atomic mass is 9.99. The summed E-state index contributed by atoms with van der Waals surface area (Å²) < 4.78 is 0. The van der Waals surface area contributed by atoms with Crippen LogP contribution in [0.2, 0.25) is 0 Å². The Labute approximate surface area is 78.9 Å². The normalized spacial score (nSPS) is 15.6. The molecule has 0 nitrogen and oxygen atoms in total. The highest BCUT2D eigenvalue weighted by Crippen LogP contribution is 2.08. The predicted molar refractivity (Wildman–Crippen MR) is 57.6 cm³/mol. The number of rotatable bonds is 1. The van der Waals surface area contributed by atoms with Gasteiger partial charge in [-0.1, -0.05) is 42.5 Å². The molecule has 0 N–H and O–H groups in total. The topological polar surface area (TPSA) is 0 Å². The van der Waals surface area contributed by atoms with Crippen molar-refractivity contribution >= 4 is 11.6 Å². The first-order chi connectivity index (χ1) is 6.42. The Bertz CT molecular complexity index is 435. The Morgan fingerprint density at radius 3 is 2.92 bits per heavy atom. The molecule has 0 aliphatic heterocycles. The fourth-order valence-electron chi connectivity index (χ4n) is 1.86. The van der Waals surface area contributed by atoms with Crippen LogP contribution in [-0.2, 0) is 0 Å². The van der Waals surface area contributed by atoms with Crippen LogP contribution < -0.4 is 10.4 Å². The van der Waals surface area contributed by atoms with Crippen LogP contribution in [0.5, 0.6) is 0 Å². The summed E-state index contributed by atoms with van der Waals surface area (Å²) in [7, 11) is 0. The van der Waals surface area contributed by atoms with Crippen molar-refractivity contribution in [1.29, 1.82) is 0 Å². The van der Waals surface area contributed by atoms with Gasteiger partial charge in [0.1, 0.15) is 0 Å². The Balaban J connectivity index is 2.75. The highest BCUT2D eigenvalue weighted by atomic mass is 14.0. The molecule has 0 fully saturated rings. The number of allylic oxidation sites excluding steroid dienone is 2. The lowest BCUT2D eigenvalue weighted by Gasteiger charge is -2.06. The van der Waals surface area contributed by atoms with Crippen molar-refractivity contribution < 1.29 is 0 Å². The molecule has 1 aromatic rings. The fourth-order valence-corrected chi connectivity index (χ4v) is 1.86. The van der Waals surface area contributed by atoms with E-state index in [9.17, 15) is 0 Å². The molecule has 0 atom stereocenters. The Hall–Kier alpha value is -1.30. The van der Waals surface area contributed by atoms with Gasteiger partial charge in [0, 0.05) is 0 Å². The molecule has 1 aromatic carbocycles. The van der Waals surface area contributed by atoms with Crippen molar-refractivity contribution in [3.05, 3.63) is 46.9 Å². The molecule has 0 heteroatoms. The first-order valence-corrected chi connectivity index (χ1v) is 4.83. The standard InChI is InChI=1S/C13H14/c1-2-6-11-8-5-9-12-7-3-4-10-13(11)12/h2-4,6-7,9-10H,5,8H2,1H3. The van der Waals surface area contributed by atoms with E-state index in [4.69, 9.17) is 0 Å². The third-order valence-electron chi connectivity index (χ3n) is 2.45. The van der Waals surface area contributed by atoms with Crippen molar-refractivity contribution in [3.63, 3.8) is 0 Å². The van der Waals surface area contributed by atoms with E-state index in [0.29, 0.717) is 0 Å². The summed E-state index contributed by atoms with van der Waals surface area (Å²) in [5.74, 6) is 0. The van der Waals surface area contributed by atoms with E-state index in [2.05, 4.69) is 49.4 Å². The Kier molecular flexibility index (Phi) is 2.31. The zero-order valence-electron chi connectivity index (χ0n) is 7.96. The van der Waals surface area contributed by atoms with E-state index in [-0.39, 0.29) is 0 Å². The van der Waals surface area contributed by atoms with Gasteiger partial charge in [0.25, 0.3) is 0 Å². The molecule has 66 valence electrons. The molecular weight excluding hydrogens is 156 g/mol.